The molecule has 132 valence electrons. The highest BCUT2D eigenvalue weighted by Crippen LogP contribution is 2.22. The molecule has 23 heavy (non-hydrogen) atoms. The second-order valence-corrected chi connectivity index (χ2v) is 7.20. The molecule has 0 radical (unpaired) electrons. The van der Waals surface area contributed by atoms with E-state index >= 15 is 0 Å². The molecule has 0 saturated carbocycles. The monoisotopic (exact) mass is 328 g/mol. The van der Waals surface area contributed by atoms with E-state index in [4.69, 9.17) is 9.47 Å². The number of imide groups is 1. The van der Waals surface area contributed by atoms with Crippen molar-refractivity contribution < 1.29 is 24.2 Å². The summed E-state index contributed by atoms with van der Waals surface area (Å²) in [6.45, 7) is 8.79. The van der Waals surface area contributed by atoms with Gasteiger partial charge in [-0.25, -0.2) is 9.69 Å². The number of carbonyl (C=O) groups excluding carboxylic acids is 2. The fraction of sp³-hybridized carbons (Fsp3) is 0.875. The van der Waals surface area contributed by atoms with Crippen molar-refractivity contribution >= 4 is 12.0 Å². The van der Waals surface area contributed by atoms with Gasteiger partial charge in [0.05, 0.1) is 19.3 Å². The van der Waals surface area contributed by atoms with E-state index in [2.05, 4.69) is 4.90 Å². The molecule has 2 atom stereocenters. The molecule has 2 fully saturated rings. The lowest BCUT2D eigenvalue weighted by Gasteiger charge is -2.35. The van der Waals surface area contributed by atoms with Gasteiger partial charge in [0, 0.05) is 19.6 Å². The fourth-order valence-corrected chi connectivity index (χ4v) is 2.94. The van der Waals surface area contributed by atoms with Crippen LogP contribution < -0.4 is 0 Å². The van der Waals surface area contributed by atoms with Crippen molar-refractivity contribution in [2.45, 2.75) is 57.8 Å². The maximum Gasteiger partial charge on any atom is 0.417 e. The van der Waals surface area contributed by atoms with E-state index in [1.807, 2.05) is 0 Å². The Morgan fingerprint density at radius 3 is 2.57 bits per heavy atom. The molecule has 0 spiro atoms. The van der Waals surface area contributed by atoms with Crippen molar-refractivity contribution in [3.05, 3.63) is 0 Å². The molecule has 2 rings (SSSR count). The fourth-order valence-electron chi connectivity index (χ4n) is 2.94. The van der Waals surface area contributed by atoms with Gasteiger partial charge in [-0.3, -0.25) is 9.69 Å². The SMILES string of the molecule is CC(C)(C)OC(=O)N1C(=O)C(O)CCCC1CN1CCOCC1. The minimum absolute atomic E-state index is 0.271. The number of hydrogen-bond acceptors (Lipinski definition) is 6. The molecule has 7 heteroatoms. The number of amides is 2. The number of hydrogen-bond donors (Lipinski definition) is 1. The number of aliphatic hydroxyl groups is 1. The smallest absolute Gasteiger partial charge is 0.417 e. The van der Waals surface area contributed by atoms with Crippen molar-refractivity contribution in [1.82, 2.24) is 9.80 Å². The summed E-state index contributed by atoms with van der Waals surface area (Å²) in [5, 5.41) is 9.97. The molecule has 2 aliphatic rings. The standard InChI is InChI=1S/C16H28N2O5/c1-16(2,3)23-15(21)18-12(5-4-6-13(19)14(18)20)11-17-7-9-22-10-8-17/h12-13,19H,4-11H2,1-3H3. The predicted molar refractivity (Wildman–Crippen MR) is 84.0 cm³/mol. The van der Waals surface area contributed by atoms with Crippen LogP contribution in [-0.2, 0) is 14.3 Å². The topological polar surface area (TPSA) is 79.3 Å². The summed E-state index contributed by atoms with van der Waals surface area (Å²) >= 11 is 0. The number of ether oxygens (including phenoxy) is 2. The molecule has 1 N–H and O–H groups in total. The average Bonchev–Trinajstić information content (AvgIpc) is 2.58. The zero-order valence-corrected chi connectivity index (χ0v) is 14.3. The number of aliphatic hydroxyl groups excluding tert-OH is 1. The first-order valence-corrected chi connectivity index (χ1v) is 8.32. The molecule has 0 aromatic rings. The molecule has 2 unspecified atom stereocenters. The zero-order chi connectivity index (χ0) is 17.0. The number of morpholine rings is 1. The lowest BCUT2D eigenvalue weighted by Crippen LogP contribution is -2.54. The van der Waals surface area contributed by atoms with Crippen LogP contribution in [0.15, 0.2) is 0 Å². The predicted octanol–water partition coefficient (Wildman–Crippen LogP) is 0.996. The van der Waals surface area contributed by atoms with E-state index in [1.54, 1.807) is 20.8 Å². The summed E-state index contributed by atoms with van der Waals surface area (Å²) < 4.78 is 10.7. The summed E-state index contributed by atoms with van der Waals surface area (Å²) in [6.07, 6.45) is -0.0165. The van der Waals surface area contributed by atoms with Gasteiger partial charge < -0.3 is 14.6 Å². The number of likely N-dealkylation sites (tertiary alicyclic amines) is 1. The van der Waals surface area contributed by atoms with E-state index in [1.165, 1.54) is 0 Å². The Labute approximate surface area is 137 Å². The normalized spacial score (nSPS) is 27.7. The first-order chi connectivity index (χ1) is 10.8. The van der Waals surface area contributed by atoms with Gasteiger partial charge in [0.15, 0.2) is 0 Å². The van der Waals surface area contributed by atoms with E-state index in [9.17, 15) is 14.7 Å². The number of rotatable bonds is 2. The van der Waals surface area contributed by atoms with Crippen LogP contribution in [0.1, 0.15) is 40.0 Å². The molecule has 0 aliphatic carbocycles. The van der Waals surface area contributed by atoms with Crippen molar-refractivity contribution in [3.8, 4) is 0 Å². The molecular weight excluding hydrogens is 300 g/mol. The summed E-state index contributed by atoms with van der Waals surface area (Å²) in [4.78, 5) is 28.3. The van der Waals surface area contributed by atoms with Gasteiger partial charge in [0.25, 0.3) is 5.91 Å². The maximum atomic E-state index is 12.5. The Bertz CT molecular complexity index is 429. The molecule has 0 aromatic heterocycles. The van der Waals surface area contributed by atoms with Crippen LogP contribution in [0.5, 0.6) is 0 Å². The quantitative estimate of drug-likeness (QED) is 0.814. The summed E-state index contributed by atoms with van der Waals surface area (Å²) in [6, 6.07) is -0.271. The third-order valence-corrected chi connectivity index (χ3v) is 4.07. The highest BCUT2D eigenvalue weighted by molar-refractivity contribution is 5.95. The molecule has 2 saturated heterocycles. The van der Waals surface area contributed by atoms with Crippen LogP contribution in [0.4, 0.5) is 4.79 Å². The minimum atomic E-state index is -1.13. The molecule has 0 bridgehead atoms. The second-order valence-electron chi connectivity index (χ2n) is 7.20. The first kappa shape index (κ1) is 18.2. The van der Waals surface area contributed by atoms with Crippen molar-refractivity contribution in [2.24, 2.45) is 0 Å². The highest BCUT2D eigenvalue weighted by Gasteiger charge is 2.39. The Morgan fingerprint density at radius 2 is 1.96 bits per heavy atom. The summed E-state index contributed by atoms with van der Waals surface area (Å²) in [7, 11) is 0. The van der Waals surface area contributed by atoms with Gasteiger partial charge in [-0.05, 0) is 40.0 Å². The third-order valence-electron chi connectivity index (χ3n) is 4.07. The zero-order valence-electron chi connectivity index (χ0n) is 14.3. The van der Waals surface area contributed by atoms with Gasteiger partial charge >= 0.3 is 6.09 Å². The van der Waals surface area contributed by atoms with Crippen LogP contribution in [-0.4, -0.2) is 77.5 Å². The van der Waals surface area contributed by atoms with E-state index in [0.29, 0.717) is 39.0 Å². The van der Waals surface area contributed by atoms with Gasteiger partial charge in [-0.2, -0.15) is 0 Å². The van der Waals surface area contributed by atoms with Crippen LogP contribution in [0.3, 0.4) is 0 Å². The van der Waals surface area contributed by atoms with Crippen molar-refractivity contribution in [1.29, 1.82) is 0 Å². The summed E-state index contributed by atoms with van der Waals surface area (Å²) in [5.74, 6) is -0.546. The highest BCUT2D eigenvalue weighted by atomic mass is 16.6. The maximum absolute atomic E-state index is 12.5. The Balaban J connectivity index is 2.13. The van der Waals surface area contributed by atoms with Gasteiger partial charge in [0.2, 0.25) is 0 Å². The van der Waals surface area contributed by atoms with Gasteiger partial charge in [0.1, 0.15) is 11.7 Å². The second kappa shape index (κ2) is 7.59. The Hall–Kier alpha value is -1.18. The average molecular weight is 328 g/mol. The molecular formula is C16H28N2O5. The third kappa shape index (κ3) is 5.16. The van der Waals surface area contributed by atoms with Gasteiger partial charge in [-0.1, -0.05) is 0 Å². The van der Waals surface area contributed by atoms with Crippen LogP contribution >= 0.6 is 0 Å². The van der Waals surface area contributed by atoms with E-state index in [0.717, 1.165) is 18.0 Å². The number of carbonyl (C=O) groups is 2. The molecule has 0 aromatic carbocycles. The van der Waals surface area contributed by atoms with E-state index in [-0.39, 0.29) is 6.04 Å². The van der Waals surface area contributed by atoms with Crippen molar-refractivity contribution in [3.63, 3.8) is 0 Å². The number of nitrogens with zero attached hydrogens (tertiary/aromatic N) is 2. The first-order valence-electron chi connectivity index (χ1n) is 8.32. The van der Waals surface area contributed by atoms with Gasteiger partial charge in [-0.15, -0.1) is 0 Å². The Morgan fingerprint density at radius 1 is 1.30 bits per heavy atom. The minimum Gasteiger partial charge on any atom is -0.443 e. The largest absolute Gasteiger partial charge is 0.443 e. The molecule has 2 amide bonds. The lowest BCUT2D eigenvalue weighted by atomic mass is 10.1. The van der Waals surface area contributed by atoms with E-state index < -0.39 is 23.7 Å². The molecule has 7 nitrogen and oxygen atoms in total. The Kier molecular flexibility index (Phi) is 6.00. The van der Waals surface area contributed by atoms with Crippen LogP contribution in [0.25, 0.3) is 0 Å². The van der Waals surface area contributed by atoms with Crippen molar-refractivity contribution in [2.75, 3.05) is 32.8 Å². The van der Waals surface area contributed by atoms with Crippen LogP contribution in [0, 0.1) is 0 Å². The molecule has 2 heterocycles. The van der Waals surface area contributed by atoms with Crippen LogP contribution in [0.2, 0.25) is 0 Å². The summed E-state index contributed by atoms with van der Waals surface area (Å²) in [5.41, 5.74) is -0.682. The lowest BCUT2D eigenvalue weighted by molar-refractivity contribution is -0.140. The molecule has 2 aliphatic heterocycles.